The molecule has 1 aliphatic rings. The van der Waals surface area contributed by atoms with E-state index in [-0.39, 0.29) is 11.6 Å². The van der Waals surface area contributed by atoms with Crippen molar-refractivity contribution >= 4 is 23.0 Å². The summed E-state index contributed by atoms with van der Waals surface area (Å²) in [6, 6.07) is 9.47. The number of anilines is 1. The van der Waals surface area contributed by atoms with Crippen molar-refractivity contribution in [3.8, 4) is 0 Å². The molecule has 0 spiro atoms. The highest BCUT2D eigenvalue weighted by molar-refractivity contribution is 6.30. The Bertz CT molecular complexity index is 850. The van der Waals surface area contributed by atoms with Crippen molar-refractivity contribution in [3.05, 3.63) is 68.7 Å². The maximum atomic E-state index is 12.9. The molecule has 5 nitrogen and oxygen atoms in total. The van der Waals surface area contributed by atoms with Crippen LogP contribution < -0.4 is 4.90 Å². The summed E-state index contributed by atoms with van der Waals surface area (Å²) >= 11 is 5.85. The molecule has 1 atom stereocenters. The van der Waals surface area contributed by atoms with Gasteiger partial charge in [0.15, 0.2) is 0 Å². The van der Waals surface area contributed by atoms with E-state index < -0.39 is 28.5 Å². The first-order valence-corrected chi connectivity index (χ1v) is 9.08. The zero-order chi connectivity index (χ0) is 20.5. The van der Waals surface area contributed by atoms with Crippen molar-refractivity contribution in [1.82, 2.24) is 0 Å². The van der Waals surface area contributed by atoms with Gasteiger partial charge in [0.25, 0.3) is 5.69 Å². The van der Waals surface area contributed by atoms with E-state index in [4.69, 9.17) is 11.6 Å². The van der Waals surface area contributed by atoms with Crippen LogP contribution in [-0.2, 0) is 6.18 Å². The zero-order valence-corrected chi connectivity index (χ0v) is 15.5. The molecule has 1 heterocycles. The average molecular weight is 415 g/mol. The van der Waals surface area contributed by atoms with Crippen LogP contribution in [0.5, 0.6) is 0 Å². The minimum absolute atomic E-state index is 0.0501. The van der Waals surface area contributed by atoms with Gasteiger partial charge in [0.1, 0.15) is 5.69 Å². The van der Waals surface area contributed by atoms with Crippen molar-refractivity contribution in [2.45, 2.75) is 25.1 Å². The Morgan fingerprint density at radius 3 is 2.29 bits per heavy atom. The highest BCUT2D eigenvalue weighted by atomic mass is 35.5. The lowest BCUT2D eigenvalue weighted by atomic mass is 9.87. The van der Waals surface area contributed by atoms with Crippen LogP contribution in [0.4, 0.5) is 24.5 Å². The molecule has 150 valence electrons. The number of aliphatic hydroxyl groups excluding tert-OH is 1. The van der Waals surface area contributed by atoms with Gasteiger partial charge in [-0.1, -0.05) is 23.7 Å². The number of halogens is 4. The maximum Gasteiger partial charge on any atom is 0.416 e. The third-order valence-corrected chi connectivity index (χ3v) is 5.29. The van der Waals surface area contributed by atoms with Crippen LogP contribution in [0.15, 0.2) is 42.5 Å². The van der Waals surface area contributed by atoms with E-state index in [1.54, 1.807) is 29.2 Å². The first kappa shape index (κ1) is 20.4. The first-order valence-electron chi connectivity index (χ1n) is 8.71. The number of nitrogens with zero attached hydrogens (tertiary/aromatic N) is 2. The SMILES string of the molecule is O=[N+]([O-])c1cc(C(F)(F)F)ccc1N1CCC(C(O)c2ccc(Cl)cc2)CC1. The van der Waals surface area contributed by atoms with E-state index in [1.165, 1.54) is 0 Å². The van der Waals surface area contributed by atoms with Crippen molar-refractivity contribution in [3.63, 3.8) is 0 Å². The van der Waals surface area contributed by atoms with Gasteiger partial charge in [0.2, 0.25) is 0 Å². The van der Waals surface area contributed by atoms with E-state index in [9.17, 15) is 28.4 Å². The van der Waals surface area contributed by atoms with Gasteiger partial charge in [0, 0.05) is 24.2 Å². The van der Waals surface area contributed by atoms with Gasteiger partial charge in [-0.25, -0.2) is 0 Å². The quantitative estimate of drug-likeness (QED) is 0.550. The predicted octanol–water partition coefficient (Wildman–Crippen LogP) is 5.22. The number of nitro benzene ring substituents is 1. The third-order valence-electron chi connectivity index (χ3n) is 5.04. The van der Waals surface area contributed by atoms with Crippen molar-refractivity contribution in [2.75, 3.05) is 18.0 Å². The largest absolute Gasteiger partial charge is 0.416 e. The smallest absolute Gasteiger partial charge is 0.388 e. The number of hydrogen-bond donors (Lipinski definition) is 1. The lowest BCUT2D eigenvalue weighted by Gasteiger charge is -2.35. The predicted molar refractivity (Wildman–Crippen MR) is 99.4 cm³/mol. The summed E-state index contributed by atoms with van der Waals surface area (Å²) in [4.78, 5) is 12.2. The highest BCUT2D eigenvalue weighted by Gasteiger charge is 2.35. The second-order valence-electron chi connectivity index (χ2n) is 6.78. The number of benzene rings is 2. The number of alkyl halides is 3. The van der Waals surface area contributed by atoms with Gasteiger partial charge in [-0.05, 0) is 48.6 Å². The molecule has 1 N–H and O–H groups in total. The summed E-state index contributed by atoms with van der Waals surface area (Å²) in [6.45, 7) is 0.809. The zero-order valence-electron chi connectivity index (χ0n) is 14.7. The Hall–Kier alpha value is -2.32. The summed E-state index contributed by atoms with van der Waals surface area (Å²) in [7, 11) is 0. The van der Waals surface area contributed by atoms with Gasteiger partial charge in [-0.15, -0.1) is 0 Å². The molecule has 1 aliphatic heterocycles. The summed E-state index contributed by atoms with van der Waals surface area (Å²) in [5, 5.41) is 22.4. The molecule has 3 rings (SSSR count). The number of rotatable bonds is 4. The fourth-order valence-electron chi connectivity index (χ4n) is 3.50. The Balaban J connectivity index is 1.74. The Morgan fingerprint density at radius 1 is 1.14 bits per heavy atom. The van der Waals surface area contributed by atoms with Gasteiger partial charge >= 0.3 is 6.18 Å². The standard InChI is InChI=1S/C19H18ClF3N2O3/c20-15-4-1-12(2-5-15)18(26)13-7-9-24(10-8-13)16-6-3-14(19(21,22)23)11-17(16)25(27)28/h1-6,11,13,18,26H,7-10H2. The molecule has 0 aromatic heterocycles. The summed E-state index contributed by atoms with van der Waals surface area (Å²) in [5.41, 5.74) is -0.705. The summed E-state index contributed by atoms with van der Waals surface area (Å²) in [6.07, 6.45) is -4.22. The molecule has 1 fully saturated rings. The second kappa shape index (κ2) is 7.97. The van der Waals surface area contributed by atoms with Crippen LogP contribution in [0.3, 0.4) is 0 Å². The normalized spacial score (nSPS) is 16.8. The van der Waals surface area contributed by atoms with E-state index in [1.807, 2.05) is 0 Å². The molecule has 1 unspecified atom stereocenters. The molecular formula is C19H18ClF3N2O3. The van der Waals surface area contributed by atoms with Gasteiger partial charge in [0.05, 0.1) is 16.6 Å². The van der Waals surface area contributed by atoms with Crippen molar-refractivity contribution in [1.29, 1.82) is 0 Å². The summed E-state index contributed by atoms with van der Waals surface area (Å²) in [5.74, 6) is -0.0501. The Morgan fingerprint density at radius 2 is 1.75 bits per heavy atom. The highest BCUT2D eigenvalue weighted by Crippen LogP contribution is 2.39. The van der Waals surface area contributed by atoms with Crippen LogP contribution in [-0.4, -0.2) is 23.1 Å². The molecule has 0 bridgehead atoms. The third kappa shape index (κ3) is 4.39. The molecule has 1 saturated heterocycles. The number of piperidine rings is 1. The maximum absolute atomic E-state index is 12.9. The van der Waals surface area contributed by atoms with E-state index in [0.717, 1.165) is 17.7 Å². The average Bonchev–Trinajstić information content (AvgIpc) is 2.67. The molecule has 2 aromatic rings. The molecule has 0 aliphatic carbocycles. The number of nitro groups is 1. The van der Waals surface area contributed by atoms with E-state index >= 15 is 0 Å². The molecular weight excluding hydrogens is 397 g/mol. The first-order chi connectivity index (χ1) is 13.2. The second-order valence-corrected chi connectivity index (χ2v) is 7.22. The minimum atomic E-state index is -4.64. The van der Waals surface area contributed by atoms with Gasteiger partial charge < -0.3 is 10.0 Å². The van der Waals surface area contributed by atoms with E-state index in [2.05, 4.69) is 0 Å². The van der Waals surface area contributed by atoms with E-state index in [0.29, 0.717) is 37.0 Å². The molecule has 0 radical (unpaired) electrons. The summed E-state index contributed by atoms with van der Waals surface area (Å²) < 4.78 is 38.6. The molecule has 0 saturated carbocycles. The van der Waals surface area contributed by atoms with Crippen molar-refractivity contribution < 1.29 is 23.2 Å². The molecule has 2 aromatic carbocycles. The van der Waals surface area contributed by atoms with Gasteiger partial charge in [-0.2, -0.15) is 13.2 Å². The fourth-order valence-corrected chi connectivity index (χ4v) is 3.63. The van der Waals surface area contributed by atoms with Crippen molar-refractivity contribution in [2.24, 2.45) is 5.92 Å². The molecule has 28 heavy (non-hydrogen) atoms. The van der Waals surface area contributed by atoms with Crippen LogP contribution >= 0.6 is 11.6 Å². The van der Waals surface area contributed by atoms with Crippen LogP contribution in [0.2, 0.25) is 5.02 Å². The fraction of sp³-hybridized carbons (Fsp3) is 0.368. The van der Waals surface area contributed by atoms with Crippen LogP contribution in [0, 0.1) is 16.0 Å². The lowest BCUT2D eigenvalue weighted by Crippen LogP contribution is -2.36. The Labute approximate surface area is 164 Å². The monoisotopic (exact) mass is 414 g/mol. The number of hydrogen-bond acceptors (Lipinski definition) is 4. The molecule has 9 heteroatoms. The van der Waals surface area contributed by atoms with Gasteiger partial charge in [-0.3, -0.25) is 10.1 Å². The van der Waals surface area contributed by atoms with Crippen LogP contribution in [0.25, 0.3) is 0 Å². The van der Waals surface area contributed by atoms with Crippen LogP contribution in [0.1, 0.15) is 30.1 Å². The molecule has 0 amide bonds. The topological polar surface area (TPSA) is 66.6 Å². The minimum Gasteiger partial charge on any atom is -0.388 e. The Kier molecular flexibility index (Phi) is 5.81. The lowest BCUT2D eigenvalue weighted by molar-refractivity contribution is -0.384. The number of aliphatic hydroxyl groups is 1.